The van der Waals surface area contributed by atoms with Gasteiger partial charge in [0.2, 0.25) is 0 Å². The fourth-order valence-corrected chi connectivity index (χ4v) is 4.07. The lowest BCUT2D eigenvalue weighted by molar-refractivity contribution is 0.0175. The number of likely N-dealkylation sites (N-methyl/N-ethyl adjacent to an activating group) is 1. The van der Waals surface area contributed by atoms with E-state index in [1.54, 1.807) is 0 Å². The van der Waals surface area contributed by atoms with Gasteiger partial charge in [0.15, 0.2) is 0 Å². The van der Waals surface area contributed by atoms with Gasteiger partial charge in [-0.15, -0.1) is 0 Å². The molecule has 3 rings (SSSR count). The second-order valence-corrected chi connectivity index (χ2v) is 6.44. The van der Waals surface area contributed by atoms with Crippen molar-refractivity contribution in [3.63, 3.8) is 0 Å². The summed E-state index contributed by atoms with van der Waals surface area (Å²) in [5, 5.41) is 0. The normalized spacial score (nSPS) is 31.0. The topological polar surface area (TPSA) is 9.72 Å². The second kappa shape index (κ2) is 5.10. The summed E-state index contributed by atoms with van der Waals surface area (Å²) in [6.07, 6.45) is 5.70. The molecule has 0 aromatic heterocycles. The van der Waals surface area contributed by atoms with Gasteiger partial charge in [-0.25, -0.2) is 0 Å². The molecular weight excluding hydrogens is 222 g/mol. The zero-order valence-electron chi connectivity index (χ0n) is 12.2. The van der Waals surface area contributed by atoms with Gasteiger partial charge in [0, 0.05) is 31.2 Å². The van der Waals surface area contributed by atoms with Gasteiger partial charge in [-0.05, 0) is 51.9 Å². The van der Waals surface area contributed by atoms with Gasteiger partial charge >= 0.3 is 0 Å². The van der Waals surface area contributed by atoms with Crippen LogP contribution in [0.4, 0.5) is 0 Å². The van der Waals surface area contributed by atoms with Crippen LogP contribution in [0.1, 0.15) is 39.5 Å². The SMILES string of the molecule is CCN1CCC(N2CCN(CC)C3(CC3)C2)CC1. The molecule has 0 radical (unpaired) electrons. The molecule has 2 aliphatic heterocycles. The Morgan fingerprint density at radius 3 is 2.22 bits per heavy atom. The summed E-state index contributed by atoms with van der Waals surface area (Å²) in [6, 6.07) is 0.879. The van der Waals surface area contributed by atoms with Crippen molar-refractivity contribution >= 4 is 0 Å². The Morgan fingerprint density at radius 1 is 0.944 bits per heavy atom. The first-order valence-corrected chi connectivity index (χ1v) is 7.99. The quantitative estimate of drug-likeness (QED) is 0.755. The number of likely N-dealkylation sites (tertiary alicyclic amines) is 1. The Balaban J connectivity index is 1.55. The van der Waals surface area contributed by atoms with Crippen molar-refractivity contribution in [3.8, 4) is 0 Å². The fraction of sp³-hybridized carbons (Fsp3) is 1.00. The third-order valence-corrected chi connectivity index (χ3v) is 5.55. The molecule has 3 aliphatic rings. The van der Waals surface area contributed by atoms with Crippen molar-refractivity contribution in [2.24, 2.45) is 0 Å². The van der Waals surface area contributed by atoms with Gasteiger partial charge in [0.1, 0.15) is 0 Å². The highest BCUT2D eigenvalue weighted by Gasteiger charge is 2.51. The van der Waals surface area contributed by atoms with Crippen LogP contribution in [0.5, 0.6) is 0 Å². The Labute approximate surface area is 112 Å². The van der Waals surface area contributed by atoms with Gasteiger partial charge in [-0.2, -0.15) is 0 Å². The molecule has 0 unspecified atom stereocenters. The van der Waals surface area contributed by atoms with E-state index in [0.29, 0.717) is 5.54 Å². The summed E-state index contributed by atoms with van der Waals surface area (Å²) in [5.41, 5.74) is 0.606. The summed E-state index contributed by atoms with van der Waals surface area (Å²) in [7, 11) is 0. The predicted molar refractivity (Wildman–Crippen MR) is 75.9 cm³/mol. The molecule has 1 saturated carbocycles. The minimum absolute atomic E-state index is 0.606. The summed E-state index contributed by atoms with van der Waals surface area (Å²) >= 11 is 0. The lowest BCUT2D eigenvalue weighted by atomic mass is 10.00. The summed E-state index contributed by atoms with van der Waals surface area (Å²) in [4.78, 5) is 8.17. The molecule has 104 valence electrons. The predicted octanol–water partition coefficient (Wildman–Crippen LogP) is 1.64. The molecule has 18 heavy (non-hydrogen) atoms. The van der Waals surface area contributed by atoms with Crippen LogP contribution in [-0.4, -0.2) is 72.1 Å². The van der Waals surface area contributed by atoms with Crippen molar-refractivity contribution in [1.82, 2.24) is 14.7 Å². The van der Waals surface area contributed by atoms with E-state index in [2.05, 4.69) is 28.5 Å². The number of hydrogen-bond acceptors (Lipinski definition) is 3. The monoisotopic (exact) mass is 251 g/mol. The van der Waals surface area contributed by atoms with Crippen molar-refractivity contribution < 1.29 is 0 Å². The van der Waals surface area contributed by atoms with Crippen LogP contribution in [0.2, 0.25) is 0 Å². The van der Waals surface area contributed by atoms with E-state index < -0.39 is 0 Å². The molecule has 1 spiro atoms. The van der Waals surface area contributed by atoms with Gasteiger partial charge in [-0.1, -0.05) is 13.8 Å². The maximum Gasteiger partial charge on any atom is 0.0338 e. The molecule has 2 heterocycles. The van der Waals surface area contributed by atoms with Gasteiger partial charge < -0.3 is 4.90 Å². The van der Waals surface area contributed by atoms with Crippen molar-refractivity contribution in [2.75, 3.05) is 45.8 Å². The maximum absolute atomic E-state index is 2.83. The first-order chi connectivity index (χ1) is 8.77. The maximum atomic E-state index is 2.83. The number of piperidine rings is 1. The van der Waals surface area contributed by atoms with Crippen LogP contribution in [0, 0.1) is 0 Å². The van der Waals surface area contributed by atoms with E-state index in [9.17, 15) is 0 Å². The highest BCUT2D eigenvalue weighted by Crippen LogP contribution is 2.44. The first-order valence-electron chi connectivity index (χ1n) is 7.99. The summed E-state index contributed by atoms with van der Waals surface area (Å²) < 4.78 is 0. The van der Waals surface area contributed by atoms with Crippen molar-refractivity contribution in [2.45, 2.75) is 51.1 Å². The third kappa shape index (κ3) is 2.33. The molecule has 0 N–H and O–H groups in total. The van der Waals surface area contributed by atoms with Crippen LogP contribution in [-0.2, 0) is 0 Å². The van der Waals surface area contributed by atoms with E-state index in [1.807, 2.05) is 0 Å². The average molecular weight is 251 g/mol. The summed E-state index contributed by atoms with van der Waals surface area (Å²) in [6.45, 7) is 13.7. The molecule has 0 bridgehead atoms. The smallest absolute Gasteiger partial charge is 0.0338 e. The second-order valence-electron chi connectivity index (χ2n) is 6.44. The standard InChI is InChI=1S/C15H29N3/c1-3-16-9-5-14(6-10-16)17-11-12-18(4-2)15(13-17)7-8-15/h14H,3-13H2,1-2H3. The lowest BCUT2D eigenvalue weighted by Crippen LogP contribution is -2.58. The molecule has 0 atom stereocenters. The summed E-state index contributed by atoms with van der Waals surface area (Å²) in [5.74, 6) is 0. The van der Waals surface area contributed by atoms with Crippen LogP contribution in [0.15, 0.2) is 0 Å². The Hall–Kier alpha value is -0.120. The molecule has 0 aromatic carbocycles. The Morgan fingerprint density at radius 2 is 1.67 bits per heavy atom. The fourth-order valence-electron chi connectivity index (χ4n) is 4.07. The number of piperazine rings is 1. The molecular formula is C15H29N3. The molecule has 1 aliphatic carbocycles. The Kier molecular flexibility index (Phi) is 3.65. The van der Waals surface area contributed by atoms with E-state index in [4.69, 9.17) is 0 Å². The van der Waals surface area contributed by atoms with Gasteiger partial charge in [-0.3, -0.25) is 9.80 Å². The number of rotatable bonds is 3. The average Bonchev–Trinajstić information content (AvgIpc) is 3.19. The zero-order chi connectivity index (χ0) is 12.6. The molecule has 2 saturated heterocycles. The molecule has 0 aromatic rings. The van der Waals surface area contributed by atoms with Gasteiger partial charge in [0.05, 0.1) is 0 Å². The van der Waals surface area contributed by atoms with Crippen LogP contribution in [0.3, 0.4) is 0 Å². The van der Waals surface area contributed by atoms with Crippen LogP contribution in [0.25, 0.3) is 0 Å². The largest absolute Gasteiger partial charge is 0.303 e. The van der Waals surface area contributed by atoms with Crippen LogP contribution < -0.4 is 0 Å². The molecule has 3 fully saturated rings. The third-order valence-electron chi connectivity index (χ3n) is 5.55. The number of hydrogen-bond donors (Lipinski definition) is 0. The first kappa shape index (κ1) is 12.9. The number of nitrogens with zero attached hydrogens (tertiary/aromatic N) is 3. The zero-order valence-corrected chi connectivity index (χ0v) is 12.2. The molecule has 0 amide bonds. The van der Waals surface area contributed by atoms with Crippen LogP contribution >= 0.6 is 0 Å². The van der Waals surface area contributed by atoms with E-state index >= 15 is 0 Å². The highest BCUT2D eigenvalue weighted by atomic mass is 15.3. The minimum atomic E-state index is 0.606. The highest BCUT2D eigenvalue weighted by molar-refractivity contribution is 5.08. The van der Waals surface area contributed by atoms with Crippen molar-refractivity contribution in [3.05, 3.63) is 0 Å². The lowest BCUT2D eigenvalue weighted by Gasteiger charge is -2.47. The van der Waals surface area contributed by atoms with Gasteiger partial charge in [0.25, 0.3) is 0 Å². The molecule has 3 nitrogen and oxygen atoms in total. The van der Waals surface area contributed by atoms with E-state index in [0.717, 1.165) is 6.04 Å². The molecule has 3 heteroatoms. The van der Waals surface area contributed by atoms with Crippen molar-refractivity contribution in [1.29, 1.82) is 0 Å². The minimum Gasteiger partial charge on any atom is -0.303 e. The Bertz CT molecular complexity index is 279. The van der Waals surface area contributed by atoms with E-state index in [-0.39, 0.29) is 0 Å². The van der Waals surface area contributed by atoms with E-state index in [1.165, 1.54) is 71.5 Å².